The van der Waals surface area contributed by atoms with Crippen molar-refractivity contribution in [3.8, 4) is 0 Å². The van der Waals surface area contributed by atoms with Gasteiger partial charge in [-0.2, -0.15) is 0 Å². The van der Waals surface area contributed by atoms with Crippen LogP contribution in [0.3, 0.4) is 0 Å². The number of carbonyl (C=O) groups excluding carboxylic acids is 2. The second kappa shape index (κ2) is 9.31. The molecule has 1 aromatic carbocycles. The predicted molar refractivity (Wildman–Crippen MR) is 107 cm³/mol. The summed E-state index contributed by atoms with van der Waals surface area (Å²) in [5, 5.41) is 2.93. The fraction of sp³-hybridized carbons (Fsp3) is 0.600. The Bertz CT molecular complexity index is 610. The van der Waals surface area contributed by atoms with Crippen molar-refractivity contribution >= 4 is 29.4 Å². The van der Waals surface area contributed by atoms with E-state index in [0.717, 1.165) is 17.9 Å². The van der Waals surface area contributed by atoms with Crippen molar-refractivity contribution in [1.82, 2.24) is 4.90 Å². The monoisotopic (exact) mass is 378 g/mol. The first-order valence-corrected chi connectivity index (χ1v) is 10.3. The fourth-order valence-electron chi connectivity index (χ4n) is 2.77. The summed E-state index contributed by atoms with van der Waals surface area (Å²) in [6.07, 6.45) is 3.44. The van der Waals surface area contributed by atoms with E-state index in [9.17, 15) is 9.59 Å². The Morgan fingerprint density at radius 2 is 1.96 bits per heavy atom. The summed E-state index contributed by atoms with van der Waals surface area (Å²) in [5.41, 5.74) is 0.192. The first-order chi connectivity index (χ1) is 12.3. The minimum absolute atomic E-state index is 0.153. The molecule has 1 aliphatic rings. The molecule has 1 atom stereocenters. The Morgan fingerprint density at radius 3 is 2.58 bits per heavy atom. The number of likely N-dealkylation sites (tertiary alicyclic amines) is 1. The van der Waals surface area contributed by atoms with Crippen molar-refractivity contribution in [1.29, 1.82) is 0 Å². The molecule has 0 spiro atoms. The minimum Gasteiger partial charge on any atom is -0.444 e. The quantitative estimate of drug-likeness (QED) is 0.564. The third-order valence-corrected chi connectivity index (χ3v) is 5.17. The van der Waals surface area contributed by atoms with Gasteiger partial charge in [-0.05, 0) is 70.1 Å². The lowest BCUT2D eigenvalue weighted by molar-refractivity contribution is -0.120. The van der Waals surface area contributed by atoms with Crippen molar-refractivity contribution in [3.05, 3.63) is 24.3 Å². The van der Waals surface area contributed by atoms with Gasteiger partial charge in [-0.3, -0.25) is 9.69 Å². The van der Waals surface area contributed by atoms with Crippen LogP contribution in [0, 0.1) is 0 Å². The normalized spacial score (nSPS) is 17.2. The number of ether oxygens (including phenoxy) is 1. The van der Waals surface area contributed by atoms with Crippen LogP contribution in [0.1, 0.15) is 53.4 Å². The third kappa shape index (κ3) is 6.24. The van der Waals surface area contributed by atoms with Gasteiger partial charge in [0.25, 0.3) is 0 Å². The summed E-state index contributed by atoms with van der Waals surface area (Å²) >= 11 is 1.83. The maximum atomic E-state index is 12.6. The number of anilines is 1. The summed E-state index contributed by atoms with van der Waals surface area (Å²) in [6.45, 7) is 8.23. The zero-order chi connectivity index (χ0) is 19.2. The number of nitrogens with zero attached hydrogens (tertiary/aromatic N) is 1. The lowest BCUT2D eigenvalue weighted by Crippen LogP contribution is -2.45. The predicted octanol–water partition coefficient (Wildman–Crippen LogP) is 4.92. The zero-order valence-corrected chi connectivity index (χ0v) is 17.0. The second-order valence-corrected chi connectivity index (χ2v) is 8.72. The largest absolute Gasteiger partial charge is 0.444 e. The Hall–Kier alpha value is -1.69. The maximum absolute atomic E-state index is 12.6. The number of hydrogen-bond acceptors (Lipinski definition) is 4. The van der Waals surface area contributed by atoms with E-state index in [2.05, 4.69) is 12.2 Å². The number of nitrogens with one attached hydrogen (secondary N) is 1. The standard InChI is InChI=1S/C20H30N2O3S/c1-5-6-14-26-16-11-9-15(10-12-16)21-18(23)17-8-7-13-22(17)19(24)25-20(2,3)4/h9-12,17H,5-8,13-14H2,1-4H3,(H,21,23)/t17-/m1/s1. The summed E-state index contributed by atoms with van der Waals surface area (Å²) in [4.78, 5) is 27.7. The average molecular weight is 379 g/mol. The Balaban J connectivity index is 1.92. The molecule has 6 heteroatoms. The molecule has 0 unspecified atom stereocenters. The van der Waals surface area contributed by atoms with Crippen molar-refractivity contribution < 1.29 is 14.3 Å². The van der Waals surface area contributed by atoms with Crippen molar-refractivity contribution in [2.24, 2.45) is 0 Å². The van der Waals surface area contributed by atoms with E-state index in [1.807, 2.05) is 56.8 Å². The molecule has 2 rings (SSSR count). The lowest BCUT2D eigenvalue weighted by atomic mass is 10.2. The summed E-state index contributed by atoms with van der Waals surface area (Å²) in [6, 6.07) is 7.41. The van der Waals surface area contributed by atoms with Gasteiger partial charge in [-0.25, -0.2) is 4.79 Å². The SMILES string of the molecule is CCCCSc1ccc(NC(=O)[C@H]2CCCN2C(=O)OC(C)(C)C)cc1. The van der Waals surface area contributed by atoms with Crippen LogP contribution in [-0.4, -0.2) is 40.8 Å². The number of amides is 2. The van der Waals surface area contributed by atoms with E-state index < -0.39 is 17.7 Å². The number of rotatable bonds is 6. The van der Waals surface area contributed by atoms with E-state index in [0.29, 0.717) is 13.0 Å². The molecule has 0 bridgehead atoms. The van der Waals surface area contributed by atoms with Gasteiger partial charge < -0.3 is 10.1 Å². The highest BCUT2D eigenvalue weighted by molar-refractivity contribution is 7.99. The Kier molecular flexibility index (Phi) is 7.38. The van der Waals surface area contributed by atoms with Crippen LogP contribution in [0.25, 0.3) is 0 Å². The first-order valence-electron chi connectivity index (χ1n) is 9.33. The molecule has 1 N–H and O–H groups in total. The highest BCUT2D eigenvalue weighted by Gasteiger charge is 2.36. The van der Waals surface area contributed by atoms with Crippen LogP contribution < -0.4 is 5.32 Å². The van der Waals surface area contributed by atoms with Gasteiger partial charge in [0.05, 0.1) is 0 Å². The van der Waals surface area contributed by atoms with Crippen LogP contribution in [0.15, 0.2) is 29.2 Å². The molecular weight excluding hydrogens is 348 g/mol. The molecule has 5 nitrogen and oxygen atoms in total. The van der Waals surface area contributed by atoms with Gasteiger partial charge in [0.15, 0.2) is 0 Å². The zero-order valence-electron chi connectivity index (χ0n) is 16.2. The smallest absolute Gasteiger partial charge is 0.410 e. The van der Waals surface area contributed by atoms with Crippen molar-refractivity contribution in [3.63, 3.8) is 0 Å². The highest BCUT2D eigenvalue weighted by atomic mass is 32.2. The molecule has 1 aliphatic heterocycles. The van der Waals surface area contributed by atoms with Crippen LogP contribution in [0.5, 0.6) is 0 Å². The van der Waals surface area contributed by atoms with Crippen molar-refractivity contribution in [2.75, 3.05) is 17.6 Å². The highest BCUT2D eigenvalue weighted by Crippen LogP contribution is 2.24. The molecule has 144 valence electrons. The number of thioether (sulfide) groups is 1. The molecular formula is C20H30N2O3S. The summed E-state index contributed by atoms with van der Waals surface area (Å²) in [7, 11) is 0. The molecule has 1 aromatic rings. The van der Waals surface area contributed by atoms with E-state index in [1.165, 1.54) is 22.6 Å². The van der Waals surface area contributed by atoms with E-state index in [-0.39, 0.29) is 5.91 Å². The van der Waals surface area contributed by atoms with Gasteiger partial charge in [-0.1, -0.05) is 13.3 Å². The van der Waals surface area contributed by atoms with Crippen molar-refractivity contribution in [2.45, 2.75) is 69.9 Å². The second-order valence-electron chi connectivity index (χ2n) is 7.55. The molecule has 2 amide bonds. The van der Waals surface area contributed by atoms with Gasteiger partial charge >= 0.3 is 6.09 Å². The first kappa shape index (κ1) is 20.6. The molecule has 26 heavy (non-hydrogen) atoms. The maximum Gasteiger partial charge on any atom is 0.410 e. The fourth-order valence-corrected chi connectivity index (χ4v) is 3.77. The van der Waals surface area contributed by atoms with Gasteiger partial charge in [-0.15, -0.1) is 11.8 Å². The molecule has 1 fully saturated rings. The average Bonchev–Trinajstić information content (AvgIpc) is 3.05. The minimum atomic E-state index is -0.564. The number of unbranched alkanes of at least 4 members (excludes halogenated alkanes) is 1. The molecule has 1 heterocycles. The molecule has 0 aliphatic carbocycles. The third-order valence-electron chi connectivity index (χ3n) is 4.07. The summed E-state index contributed by atoms with van der Waals surface area (Å²) in [5.74, 6) is 0.953. The molecule has 1 saturated heterocycles. The van der Waals surface area contributed by atoms with Crippen LogP contribution in [0.4, 0.5) is 10.5 Å². The van der Waals surface area contributed by atoms with Crippen LogP contribution in [-0.2, 0) is 9.53 Å². The van der Waals surface area contributed by atoms with Gasteiger partial charge in [0.2, 0.25) is 5.91 Å². The van der Waals surface area contributed by atoms with E-state index >= 15 is 0 Å². The molecule has 0 radical (unpaired) electrons. The number of benzene rings is 1. The van der Waals surface area contributed by atoms with Gasteiger partial charge in [0, 0.05) is 17.1 Å². The molecule has 0 aromatic heterocycles. The van der Waals surface area contributed by atoms with Gasteiger partial charge in [0.1, 0.15) is 11.6 Å². The topological polar surface area (TPSA) is 58.6 Å². The van der Waals surface area contributed by atoms with Crippen LogP contribution >= 0.6 is 11.8 Å². The van der Waals surface area contributed by atoms with E-state index in [1.54, 1.807) is 0 Å². The molecule has 0 saturated carbocycles. The number of hydrogen-bond donors (Lipinski definition) is 1. The summed E-state index contributed by atoms with van der Waals surface area (Å²) < 4.78 is 5.42. The Morgan fingerprint density at radius 1 is 1.27 bits per heavy atom. The van der Waals surface area contributed by atoms with E-state index in [4.69, 9.17) is 4.74 Å². The number of carbonyl (C=O) groups is 2. The van der Waals surface area contributed by atoms with Crippen LogP contribution in [0.2, 0.25) is 0 Å². The Labute approximate surface area is 160 Å². The lowest BCUT2D eigenvalue weighted by Gasteiger charge is -2.28.